The lowest BCUT2D eigenvalue weighted by Gasteiger charge is -2.05. The van der Waals surface area contributed by atoms with Crippen molar-refractivity contribution in [3.05, 3.63) is 51.5 Å². The highest BCUT2D eigenvalue weighted by molar-refractivity contribution is 6.05. The summed E-state index contributed by atoms with van der Waals surface area (Å²) < 4.78 is 6.05. The molecule has 6 nitrogen and oxygen atoms in total. The fourth-order valence-electron chi connectivity index (χ4n) is 1.81. The molecule has 104 valence electrons. The lowest BCUT2D eigenvalue weighted by atomic mass is 10.1. The predicted octanol–water partition coefficient (Wildman–Crippen LogP) is 1.74. The zero-order valence-corrected chi connectivity index (χ0v) is 11.4. The van der Waals surface area contributed by atoms with Crippen molar-refractivity contribution in [2.24, 2.45) is 7.05 Å². The zero-order valence-electron chi connectivity index (χ0n) is 11.4. The predicted molar refractivity (Wildman–Crippen MR) is 73.1 cm³/mol. The van der Waals surface area contributed by atoms with E-state index in [0.717, 1.165) is 0 Å². The van der Waals surface area contributed by atoms with Gasteiger partial charge in [-0.05, 0) is 26.0 Å². The summed E-state index contributed by atoms with van der Waals surface area (Å²) in [5.74, 6) is -0.658. The number of anilines is 1. The third-order valence-electron chi connectivity index (χ3n) is 3.01. The average Bonchev–Trinajstić information content (AvgIpc) is 2.63. The van der Waals surface area contributed by atoms with E-state index in [1.54, 1.807) is 38.2 Å². The van der Waals surface area contributed by atoms with Crippen LogP contribution in [-0.4, -0.2) is 16.4 Å². The number of nitrogens with zero attached hydrogens (tertiary/aromatic N) is 1. The average molecular weight is 274 g/mol. The number of Topliss-reactive ketones (excluding diaryl/α,β-unsaturated/α-hetero) is 1. The minimum absolute atomic E-state index is 0.0410. The van der Waals surface area contributed by atoms with Crippen LogP contribution in [0.1, 0.15) is 33.3 Å². The molecule has 0 bridgehead atoms. The van der Waals surface area contributed by atoms with Crippen molar-refractivity contribution in [1.29, 1.82) is 0 Å². The minimum atomic E-state index is -0.690. The molecular formula is C14H14N2O4. The van der Waals surface area contributed by atoms with Crippen LogP contribution >= 0.6 is 0 Å². The van der Waals surface area contributed by atoms with Crippen molar-refractivity contribution in [3.8, 4) is 0 Å². The molecule has 1 N–H and O–H groups in total. The molecule has 0 saturated heterocycles. The molecule has 0 radical (unpaired) electrons. The first-order valence-electron chi connectivity index (χ1n) is 5.99. The largest absolute Gasteiger partial charge is 0.370 e. The summed E-state index contributed by atoms with van der Waals surface area (Å²) in [7, 11) is 1.55. The number of aryl methyl sites for hydroxylation is 1. The van der Waals surface area contributed by atoms with Crippen molar-refractivity contribution in [2.75, 3.05) is 5.32 Å². The standard InChI is InChI=1S/C14H14N2O4/c1-8-12(14(19)20-16(8)3)13(18)15-11-6-4-5-10(7-11)9(2)17/h4-7H,1-3H3,(H,15,18). The Balaban J connectivity index is 2.30. The smallest absolute Gasteiger partial charge is 0.336 e. The van der Waals surface area contributed by atoms with Crippen molar-refractivity contribution in [1.82, 2.24) is 4.74 Å². The molecule has 0 unspecified atom stereocenters. The molecule has 1 aromatic heterocycles. The molecule has 2 aromatic rings. The van der Waals surface area contributed by atoms with Gasteiger partial charge in [-0.3, -0.25) is 9.59 Å². The summed E-state index contributed by atoms with van der Waals surface area (Å²) in [4.78, 5) is 34.9. The van der Waals surface area contributed by atoms with Crippen molar-refractivity contribution in [2.45, 2.75) is 13.8 Å². The molecule has 6 heteroatoms. The number of aromatic nitrogens is 1. The summed E-state index contributed by atoms with van der Waals surface area (Å²) in [5.41, 5.74) is 0.645. The van der Waals surface area contributed by atoms with Crippen LogP contribution in [0.2, 0.25) is 0 Å². The maximum atomic E-state index is 12.1. The molecule has 20 heavy (non-hydrogen) atoms. The Morgan fingerprint density at radius 1 is 1.30 bits per heavy atom. The number of ketones is 1. The second-order valence-electron chi connectivity index (χ2n) is 4.43. The molecule has 0 aliphatic rings. The highest BCUT2D eigenvalue weighted by Crippen LogP contribution is 2.13. The van der Waals surface area contributed by atoms with Crippen LogP contribution in [0.25, 0.3) is 0 Å². The van der Waals surface area contributed by atoms with Crippen LogP contribution < -0.4 is 10.9 Å². The van der Waals surface area contributed by atoms with Crippen LogP contribution in [0.5, 0.6) is 0 Å². The number of nitrogens with one attached hydrogen (secondary N) is 1. The van der Waals surface area contributed by atoms with Crippen LogP contribution in [0.3, 0.4) is 0 Å². The second kappa shape index (κ2) is 5.16. The lowest BCUT2D eigenvalue weighted by molar-refractivity contribution is 0.101. The van der Waals surface area contributed by atoms with Gasteiger partial charge in [0.25, 0.3) is 5.91 Å². The fourth-order valence-corrected chi connectivity index (χ4v) is 1.81. The van der Waals surface area contributed by atoms with E-state index in [2.05, 4.69) is 5.32 Å². The number of hydrogen-bond donors (Lipinski definition) is 1. The van der Waals surface area contributed by atoms with Crippen LogP contribution in [0.15, 0.2) is 33.6 Å². The summed E-state index contributed by atoms with van der Waals surface area (Å²) in [6.07, 6.45) is 0. The van der Waals surface area contributed by atoms with Crippen LogP contribution in [-0.2, 0) is 7.05 Å². The van der Waals surface area contributed by atoms with E-state index >= 15 is 0 Å². The highest BCUT2D eigenvalue weighted by atomic mass is 16.5. The third-order valence-corrected chi connectivity index (χ3v) is 3.01. The van der Waals surface area contributed by atoms with E-state index in [0.29, 0.717) is 16.9 Å². The van der Waals surface area contributed by atoms with Gasteiger partial charge in [0.2, 0.25) is 0 Å². The van der Waals surface area contributed by atoms with E-state index in [4.69, 9.17) is 4.52 Å². The molecule has 0 aliphatic heterocycles. The second-order valence-corrected chi connectivity index (χ2v) is 4.43. The molecule has 0 fully saturated rings. The van der Waals surface area contributed by atoms with E-state index in [9.17, 15) is 14.4 Å². The quantitative estimate of drug-likeness (QED) is 0.864. The Kier molecular flexibility index (Phi) is 3.56. The summed E-state index contributed by atoms with van der Waals surface area (Å²) in [6.45, 7) is 3.06. The van der Waals surface area contributed by atoms with Gasteiger partial charge in [-0.15, -0.1) is 0 Å². The van der Waals surface area contributed by atoms with E-state index in [1.807, 2.05) is 0 Å². The van der Waals surface area contributed by atoms with Gasteiger partial charge in [0, 0.05) is 18.3 Å². The number of hydrogen-bond acceptors (Lipinski definition) is 4. The first-order chi connectivity index (χ1) is 9.40. The van der Waals surface area contributed by atoms with Gasteiger partial charge in [-0.25, -0.2) is 9.53 Å². The highest BCUT2D eigenvalue weighted by Gasteiger charge is 2.19. The van der Waals surface area contributed by atoms with Gasteiger partial charge < -0.3 is 9.84 Å². The van der Waals surface area contributed by atoms with Crippen molar-refractivity contribution >= 4 is 17.4 Å². The van der Waals surface area contributed by atoms with Crippen LogP contribution in [0, 0.1) is 6.92 Å². The van der Waals surface area contributed by atoms with Gasteiger partial charge >= 0.3 is 5.63 Å². The summed E-state index contributed by atoms with van der Waals surface area (Å²) in [6, 6.07) is 6.51. The zero-order chi connectivity index (χ0) is 14.9. The number of benzene rings is 1. The molecule has 0 spiro atoms. The number of carbonyl (C=O) groups excluding carboxylic acids is 2. The maximum absolute atomic E-state index is 12.1. The van der Waals surface area contributed by atoms with Crippen molar-refractivity contribution < 1.29 is 14.1 Å². The first kappa shape index (κ1) is 13.8. The number of rotatable bonds is 3. The number of amides is 1. The minimum Gasteiger partial charge on any atom is -0.336 e. The Morgan fingerprint density at radius 2 is 2.00 bits per heavy atom. The van der Waals surface area contributed by atoms with Gasteiger partial charge in [-0.1, -0.05) is 12.1 Å². The maximum Gasteiger partial charge on any atom is 0.370 e. The van der Waals surface area contributed by atoms with Crippen molar-refractivity contribution in [3.63, 3.8) is 0 Å². The van der Waals surface area contributed by atoms with Crippen LogP contribution in [0.4, 0.5) is 5.69 Å². The van der Waals surface area contributed by atoms with E-state index in [-0.39, 0.29) is 11.3 Å². The molecular weight excluding hydrogens is 260 g/mol. The van der Waals surface area contributed by atoms with Gasteiger partial charge in [0.15, 0.2) is 5.78 Å². The third kappa shape index (κ3) is 2.54. The topological polar surface area (TPSA) is 81.3 Å². The molecule has 2 rings (SSSR count). The molecule has 1 aromatic carbocycles. The summed E-state index contributed by atoms with van der Waals surface area (Å²) in [5, 5.41) is 2.58. The molecule has 0 saturated carbocycles. The van der Waals surface area contributed by atoms with Gasteiger partial charge in [-0.2, -0.15) is 0 Å². The number of carbonyl (C=O) groups is 2. The molecule has 1 heterocycles. The molecule has 0 atom stereocenters. The Labute approximate surface area is 115 Å². The monoisotopic (exact) mass is 274 g/mol. The van der Waals surface area contributed by atoms with E-state index < -0.39 is 11.5 Å². The summed E-state index contributed by atoms with van der Waals surface area (Å²) >= 11 is 0. The van der Waals surface area contributed by atoms with Gasteiger partial charge in [0.05, 0.1) is 5.69 Å². The Hall–Kier alpha value is -2.63. The van der Waals surface area contributed by atoms with E-state index in [1.165, 1.54) is 11.7 Å². The SMILES string of the molecule is CC(=O)c1cccc(NC(=O)c2c(C)n(C)oc2=O)c1. The Bertz CT molecular complexity index is 740. The fraction of sp³-hybridized carbons (Fsp3) is 0.214. The molecule has 0 aliphatic carbocycles. The first-order valence-corrected chi connectivity index (χ1v) is 5.99. The van der Waals surface area contributed by atoms with Gasteiger partial charge in [0.1, 0.15) is 5.56 Å². The normalized spacial score (nSPS) is 10.3. The lowest BCUT2D eigenvalue weighted by Crippen LogP contribution is -2.19. The molecule has 1 amide bonds. The Morgan fingerprint density at radius 3 is 2.55 bits per heavy atom.